The van der Waals surface area contributed by atoms with Crippen LogP contribution in [0.3, 0.4) is 0 Å². The maximum absolute atomic E-state index is 13.2. The number of hydrazone groups is 1. The summed E-state index contributed by atoms with van der Waals surface area (Å²) in [6.07, 6.45) is 1.49. The predicted octanol–water partition coefficient (Wildman–Crippen LogP) is 5.74. The molecule has 0 atom stereocenters. The molecule has 0 saturated heterocycles. The van der Waals surface area contributed by atoms with Gasteiger partial charge in [-0.2, -0.15) is 5.10 Å². The Kier molecular flexibility index (Phi) is 5.16. The number of halogens is 1. The third kappa shape index (κ3) is 3.98. The monoisotopic (exact) mass is 476 g/mol. The van der Waals surface area contributed by atoms with Gasteiger partial charge in [0.25, 0.3) is 5.91 Å². The van der Waals surface area contributed by atoms with E-state index in [9.17, 15) is 4.79 Å². The maximum Gasteiger partial charge on any atom is 0.272 e. The number of carbonyl (C=O) groups is 1. The Labute approximate surface area is 204 Å². The standard InChI is InChI=1S/C27H17ClN6O/c28-25-17(13-16-7-1-3-9-20(16)31-25)15-29-34-27(35)19-14-24(30-21-10-4-2-8-18(19)21)26-32-22-11-5-6-12-23(22)33-26/h1-15H,(H,32,33)(H,34,35)/b29-15+. The number of fused-ring (bicyclic) bond motifs is 3. The molecule has 2 N–H and O–H groups in total. The van der Waals surface area contributed by atoms with Crippen molar-refractivity contribution < 1.29 is 4.79 Å². The molecule has 0 aliphatic heterocycles. The van der Waals surface area contributed by atoms with Gasteiger partial charge in [0, 0.05) is 16.3 Å². The molecular weight excluding hydrogens is 460 g/mol. The molecule has 7 nitrogen and oxygen atoms in total. The van der Waals surface area contributed by atoms with E-state index < -0.39 is 0 Å². The Hall–Kier alpha value is -4.62. The van der Waals surface area contributed by atoms with E-state index in [1.165, 1.54) is 6.21 Å². The van der Waals surface area contributed by atoms with Gasteiger partial charge in [0.05, 0.1) is 33.8 Å². The average molecular weight is 477 g/mol. The van der Waals surface area contributed by atoms with E-state index in [2.05, 4.69) is 25.5 Å². The SMILES string of the molecule is O=C(N/N=C/c1cc2ccccc2nc1Cl)c1cc(-c2nc3ccccc3[nH]2)nc2ccccc12. The van der Waals surface area contributed by atoms with Crippen LogP contribution in [0.5, 0.6) is 0 Å². The van der Waals surface area contributed by atoms with Gasteiger partial charge in [0.2, 0.25) is 0 Å². The summed E-state index contributed by atoms with van der Waals surface area (Å²) in [7, 11) is 0. The van der Waals surface area contributed by atoms with Crippen molar-refractivity contribution in [3.05, 3.63) is 101 Å². The number of pyridine rings is 2. The highest BCUT2D eigenvalue weighted by Crippen LogP contribution is 2.25. The van der Waals surface area contributed by atoms with Crippen LogP contribution in [0.4, 0.5) is 0 Å². The zero-order valence-corrected chi connectivity index (χ0v) is 19.0. The summed E-state index contributed by atoms with van der Waals surface area (Å²) < 4.78 is 0. The number of nitrogens with zero attached hydrogens (tertiary/aromatic N) is 4. The van der Waals surface area contributed by atoms with Gasteiger partial charge in [-0.3, -0.25) is 4.79 Å². The van der Waals surface area contributed by atoms with Crippen LogP contribution in [0.2, 0.25) is 5.15 Å². The fourth-order valence-corrected chi connectivity index (χ4v) is 4.17. The summed E-state index contributed by atoms with van der Waals surface area (Å²) in [5.41, 5.74) is 7.41. The van der Waals surface area contributed by atoms with Crippen LogP contribution in [0.1, 0.15) is 15.9 Å². The fraction of sp³-hybridized carbons (Fsp3) is 0. The molecule has 0 saturated carbocycles. The van der Waals surface area contributed by atoms with Crippen LogP contribution < -0.4 is 5.43 Å². The molecule has 0 bridgehead atoms. The van der Waals surface area contributed by atoms with Crippen LogP contribution in [0, 0.1) is 0 Å². The van der Waals surface area contributed by atoms with Crippen molar-refractivity contribution in [2.75, 3.05) is 0 Å². The molecule has 1 amide bonds. The van der Waals surface area contributed by atoms with Crippen LogP contribution in [0.25, 0.3) is 44.4 Å². The Balaban J connectivity index is 1.34. The minimum absolute atomic E-state index is 0.309. The van der Waals surface area contributed by atoms with E-state index in [1.54, 1.807) is 6.07 Å². The second-order valence-electron chi connectivity index (χ2n) is 7.93. The number of aromatic amines is 1. The lowest BCUT2D eigenvalue weighted by atomic mass is 10.1. The van der Waals surface area contributed by atoms with Gasteiger partial charge in [-0.15, -0.1) is 0 Å². The average Bonchev–Trinajstić information content (AvgIpc) is 3.33. The molecule has 3 heterocycles. The smallest absolute Gasteiger partial charge is 0.272 e. The van der Waals surface area contributed by atoms with E-state index in [-0.39, 0.29) is 5.91 Å². The lowest BCUT2D eigenvalue weighted by Gasteiger charge is -2.07. The molecular formula is C27H17ClN6O. The topological polar surface area (TPSA) is 95.9 Å². The number of imidazole rings is 1. The fourth-order valence-electron chi connectivity index (χ4n) is 3.98. The van der Waals surface area contributed by atoms with E-state index in [4.69, 9.17) is 16.6 Å². The minimum Gasteiger partial charge on any atom is -0.337 e. The van der Waals surface area contributed by atoms with Gasteiger partial charge < -0.3 is 4.98 Å². The van der Waals surface area contributed by atoms with Crippen LogP contribution in [0.15, 0.2) is 90.0 Å². The van der Waals surface area contributed by atoms with Crippen molar-refractivity contribution in [2.45, 2.75) is 0 Å². The molecule has 0 unspecified atom stereocenters. The van der Waals surface area contributed by atoms with Gasteiger partial charge in [-0.1, -0.05) is 60.1 Å². The number of aromatic nitrogens is 4. The Morgan fingerprint density at radius 2 is 1.60 bits per heavy atom. The second-order valence-corrected chi connectivity index (χ2v) is 8.29. The lowest BCUT2D eigenvalue weighted by molar-refractivity contribution is 0.0956. The van der Waals surface area contributed by atoms with Crippen molar-refractivity contribution in [2.24, 2.45) is 5.10 Å². The first-order chi connectivity index (χ1) is 17.2. The van der Waals surface area contributed by atoms with Crippen molar-refractivity contribution in [1.29, 1.82) is 0 Å². The summed E-state index contributed by atoms with van der Waals surface area (Å²) in [6, 6.07) is 26.4. The largest absolute Gasteiger partial charge is 0.337 e. The summed E-state index contributed by atoms with van der Waals surface area (Å²) >= 11 is 6.30. The zero-order valence-electron chi connectivity index (χ0n) is 18.2. The van der Waals surface area contributed by atoms with E-state index in [0.29, 0.717) is 38.7 Å². The number of carbonyl (C=O) groups excluding carboxylic acids is 1. The van der Waals surface area contributed by atoms with Crippen molar-refractivity contribution in [3.8, 4) is 11.5 Å². The van der Waals surface area contributed by atoms with E-state index >= 15 is 0 Å². The summed E-state index contributed by atoms with van der Waals surface area (Å²) in [6.45, 7) is 0. The Morgan fingerprint density at radius 1 is 0.857 bits per heavy atom. The van der Waals surface area contributed by atoms with Gasteiger partial charge in [0.15, 0.2) is 5.82 Å². The van der Waals surface area contributed by atoms with Gasteiger partial charge in [0.1, 0.15) is 10.8 Å². The number of nitrogens with one attached hydrogen (secondary N) is 2. The quantitative estimate of drug-likeness (QED) is 0.192. The first-order valence-corrected chi connectivity index (χ1v) is 11.3. The van der Waals surface area contributed by atoms with E-state index in [0.717, 1.165) is 21.9 Å². The first-order valence-electron chi connectivity index (χ1n) is 10.9. The summed E-state index contributed by atoms with van der Waals surface area (Å²) in [4.78, 5) is 30.2. The predicted molar refractivity (Wildman–Crippen MR) is 139 cm³/mol. The molecule has 0 radical (unpaired) electrons. The molecule has 168 valence electrons. The minimum atomic E-state index is -0.373. The first kappa shape index (κ1) is 20.9. The number of benzene rings is 3. The molecule has 6 rings (SSSR count). The molecule has 8 heteroatoms. The third-order valence-electron chi connectivity index (χ3n) is 5.67. The highest BCUT2D eigenvalue weighted by atomic mass is 35.5. The van der Waals surface area contributed by atoms with Crippen LogP contribution >= 0.6 is 11.6 Å². The Morgan fingerprint density at radius 3 is 2.46 bits per heavy atom. The third-order valence-corrected chi connectivity index (χ3v) is 5.97. The normalized spacial score (nSPS) is 11.6. The van der Waals surface area contributed by atoms with Crippen molar-refractivity contribution in [1.82, 2.24) is 25.4 Å². The van der Waals surface area contributed by atoms with Gasteiger partial charge >= 0.3 is 0 Å². The highest BCUT2D eigenvalue weighted by molar-refractivity contribution is 6.32. The number of H-pyrrole nitrogens is 1. The Bertz CT molecular complexity index is 1740. The van der Waals surface area contributed by atoms with Gasteiger partial charge in [-0.05, 0) is 36.4 Å². The molecule has 0 spiro atoms. The summed E-state index contributed by atoms with van der Waals surface area (Å²) in [5, 5.41) is 6.09. The molecule has 0 aliphatic rings. The molecule has 6 aromatic rings. The molecule has 35 heavy (non-hydrogen) atoms. The molecule has 0 fully saturated rings. The number of para-hydroxylation sites is 4. The second kappa shape index (κ2) is 8.62. The van der Waals surface area contributed by atoms with Gasteiger partial charge in [-0.25, -0.2) is 20.4 Å². The van der Waals surface area contributed by atoms with Crippen LogP contribution in [-0.4, -0.2) is 32.1 Å². The number of hydrogen-bond acceptors (Lipinski definition) is 5. The molecule has 3 aromatic heterocycles. The molecule has 0 aliphatic carbocycles. The molecule has 3 aromatic carbocycles. The number of hydrogen-bond donors (Lipinski definition) is 2. The van der Waals surface area contributed by atoms with Crippen molar-refractivity contribution >= 4 is 56.6 Å². The van der Waals surface area contributed by atoms with Crippen LogP contribution in [-0.2, 0) is 0 Å². The highest BCUT2D eigenvalue weighted by Gasteiger charge is 2.15. The maximum atomic E-state index is 13.2. The van der Waals surface area contributed by atoms with Crippen molar-refractivity contribution in [3.63, 3.8) is 0 Å². The van der Waals surface area contributed by atoms with E-state index in [1.807, 2.05) is 78.9 Å². The number of amides is 1. The number of rotatable bonds is 4. The summed E-state index contributed by atoms with van der Waals surface area (Å²) in [5.74, 6) is 0.214. The lowest BCUT2D eigenvalue weighted by Crippen LogP contribution is -2.18. The zero-order chi connectivity index (χ0) is 23.8.